The summed E-state index contributed by atoms with van der Waals surface area (Å²) in [5.74, 6) is -0.236. The number of hydrogen-bond donors (Lipinski definition) is 1. The molecule has 7 heteroatoms. The number of fused-ring (bicyclic) bond motifs is 4. The summed E-state index contributed by atoms with van der Waals surface area (Å²) in [6, 6.07) is 10.4. The van der Waals surface area contributed by atoms with Crippen LogP contribution < -0.4 is 9.47 Å². The number of carbonyl (C=O) groups excluding carboxylic acids is 1. The fraction of sp³-hybridized carbons (Fsp3) is 0.238. The predicted molar refractivity (Wildman–Crippen MR) is 102 cm³/mol. The molecule has 0 saturated heterocycles. The number of carbonyl (C=O) groups is 2. The fourth-order valence-electron chi connectivity index (χ4n) is 4.11. The summed E-state index contributed by atoms with van der Waals surface area (Å²) in [6.07, 6.45) is 1.41. The average Bonchev–Trinajstić information content (AvgIpc) is 3.27. The summed E-state index contributed by atoms with van der Waals surface area (Å²) in [7, 11) is 0. The van der Waals surface area contributed by atoms with Crippen molar-refractivity contribution < 1.29 is 24.2 Å². The van der Waals surface area contributed by atoms with Crippen LogP contribution in [0, 0.1) is 5.92 Å². The van der Waals surface area contributed by atoms with Crippen LogP contribution in [0.15, 0.2) is 36.4 Å². The first-order valence-corrected chi connectivity index (χ1v) is 9.39. The largest absolute Gasteiger partial charge is 0.481 e. The van der Waals surface area contributed by atoms with Gasteiger partial charge in [-0.05, 0) is 55.2 Å². The van der Waals surface area contributed by atoms with E-state index in [1.54, 1.807) is 34.9 Å². The first-order valence-electron chi connectivity index (χ1n) is 9.02. The molecule has 2 heterocycles. The second-order valence-electron chi connectivity index (χ2n) is 7.07. The van der Waals surface area contributed by atoms with Crippen molar-refractivity contribution in [2.75, 3.05) is 6.79 Å². The van der Waals surface area contributed by atoms with Crippen LogP contribution in [0.25, 0.3) is 10.9 Å². The number of aromatic nitrogens is 1. The van der Waals surface area contributed by atoms with Crippen molar-refractivity contribution >= 4 is 34.4 Å². The lowest BCUT2D eigenvalue weighted by Gasteiger charge is -2.20. The van der Waals surface area contributed by atoms with Gasteiger partial charge < -0.3 is 14.6 Å². The summed E-state index contributed by atoms with van der Waals surface area (Å²) in [4.78, 5) is 24.9. The van der Waals surface area contributed by atoms with Crippen molar-refractivity contribution in [3.05, 3.63) is 58.2 Å². The zero-order chi connectivity index (χ0) is 19.4. The molecule has 0 radical (unpaired) electrons. The van der Waals surface area contributed by atoms with Crippen molar-refractivity contribution in [1.29, 1.82) is 0 Å². The van der Waals surface area contributed by atoms with Crippen LogP contribution in [0.1, 0.15) is 28.0 Å². The zero-order valence-corrected chi connectivity index (χ0v) is 15.5. The first-order chi connectivity index (χ1) is 13.5. The van der Waals surface area contributed by atoms with Gasteiger partial charge >= 0.3 is 5.97 Å². The van der Waals surface area contributed by atoms with E-state index in [0.29, 0.717) is 46.9 Å². The quantitative estimate of drug-likeness (QED) is 0.709. The van der Waals surface area contributed by atoms with E-state index in [-0.39, 0.29) is 12.7 Å². The van der Waals surface area contributed by atoms with Crippen molar-refractivity contribution in [2.45, 2.75) is 19.3 Å². The Morgan fingerprint density at radius 1 is 1.11 bits per heavy atom. The monoisotopic (exact) mass is 397 g/mol. The number of rotatable bonds is 2. The highest BCUT2D eigenvalue weighted by molar-refractivity contribution is 6.30. The Hall–Kier alpha value is -2.99. The van der Waals surface area contributed by atoms with Gasteiger partial charge in [0.05, 0.1) is 11.4 Å². The lowest BCUT2D eigenvalue weighted by Crippen LogP contribution is -2.24. The molecule has 1 atom stereocenters. The first kappa shape index (κ1) is 17.1. The molecule has 28 heavy (non-hydrogen) atoms. The molecule has 0 fully saturated rings. The van der Waals surface area contributed by atoms with Crippen LogP contribution in [0.4, 0.5) is 0 Å². The van der Waals surface area contributed by atoms with Gasteiger partial charge in [-0.25, -0.2) is 0 Å². The molecule has 0 saturated carbocycles. The SMILES string of the molecule is O=C(O)C1CCc2c(c3cc4c(cc3n2C(=O)c2ccc(Cl)cc2)OCO4)C1. The fourth-order valence-corrected chi connectivity index (χ4v) is 4.23. The van der Waals surface area contributed by atoms with Gasteiger partial charge in [-0.1, -0.05) is 11.6 Å². The van der Waals surface area contributed by atoms with Crippen molar-refractivity contribution in [2.24, 2.45) is 5.92 Å². The van der Waals surface area contributed by atoms with Gasteiger partial charge in [0, 0.05) is 27.7 Å². The molecule has 6 nitrogen and oxygen atoms in total. The van der Waals surface area contributed by atoms with E-state index in [1.807, 2.05) is 6.07 Å². The minimum Gasteiger partial charge on any atom is -0.481 e. The van der Waals surface area contributed by atoms with Crippen LogP contribution in [0.3, 0.4) is 0 Å². The molecule has 3 aromatic rings. The Kier molecular flexibility index (Phi) is 3.84. The topological polar surface area (TPSA) is 77.8 Å². The van der Waals surface area contributed by atoms with Gasteiger partial charge in [0.25, 0.3) is 5.91 Å². The van der Waals surface area contributed by atoms with Crippen molar-refractivity contribution in [1.82, 2.24) is 4.57 Å². The van der Waals surface area contributed by atoms with E-state index < -0.39 is 11.9 Å². The number of hydrogen-bond acceptors (Lipinski definition) is 4. The molecular formula is C21H16ClNO5. The molecule has 1 aliphatic heterocycles. The van der Waals surface area contributed by atoms with Gasteiger partial charge in [0.1, 0.15) is 0 Å². The third-order valence-electron chi connectivity index (χ3n) is 5.50. The van der Waals surface area contributed by atoms with Crippen LogP contribution >= 0.6 is 11.6 Å². The Morgan fingerprint density at radius 3 is 2.54 bits per heavy atom. The van der Waals surface area contributed by atoms with Crippen LogP contribution in [-0.4, -0.2) is 28.3 Å². The maximum absolute atomic E-state index is 13.4. The van der Waals surface area contributed by atoms with Gasteiger partial charge in [-0.15, -0.1) is 0 Å². The maximum Gasteiger partial charge on any atom is 0.306 e. The molecular weight excluding hydrogens is 382 g/mol. The summed E-state index contributed by atoms with van der Waals surface area (Å²) in [6.45, 7) is 0.132. The second kappa shape index (κ2) is 6.27. The van der Waals surface area contributed by atoms with Crippen LogP contribution in [0.2, 0.25) is 5.02 Å². The number of carboxylic acids is 1. The van der Waals surface area contributed by atoms with Crippen LogP contribution in [0.5, 0.6) is 11.5 Å². The second-order valence-corrected chi connectivity index (χ2v) is 7.51. The Labute approximate surface area is 165 Å². The Balaban J connectivity index is 1.73. The highest BCUT2D eigenvalue weighted by Crippen LogP contribution is 2.42. The molecule has 0 spiro atoms. The maximum atomic E-state index is 13.4. The summed E-state index contributed by atoms with van der Waals surface area (Å²) >= 11 is 5.96. The minimum atomic E-state index is -0.809. The molecule has 2 aliphatic rings. The molecule has 2 aromatic carbocycles. The zero-order valence-electron chi connectivity index (χ0n) is 14.8. The third kappa shape index (κ3) is 2.56. The van der Waals surface area contributed by atoms with E-state index >= 15 is 0 Å². The number of halogens is 1. The molecule has 1 aliphatic carbocycles. The van der Waals surface area contributed by atoms with Gasteiger partial charge in [-0.2, -0.15) is 0 Å². The van der Waals surface area contributed by atoms with E-state index in [2.05, 4.69) is 0 Å². The average molecular weight is 398 g/mol. The highest BCUT2D eigenvalue weighted by atomic mass is 35.5. The minimum absolute atomic E-state index is 0.132. The molecule has 5 rings (SSSR count). The number of nitrogens with zero attached hydrogens (tertiary/aromatic N) is 1. The van der Waals surface area contributed by atoms with Crippen molar-refractivity contribution in [3.8, 4) is 11.5 Å². The van der Waals surface area contributed by atoms with Crippen LogP contribution in [-0.2, 0) is 17.6 Å². The number of carboxylic acid groups (broad SMARTS) is 1. The Morgan fingerprint density at radius 2 is 1.82 bits per heavy atom. The van der Waals surface area contributed by atoms with Gasteiger partial charge in [-0.3, -0.25) is 14.2 Å². The third-order valence-corrected chi connectivity index (χ3v) is 5.75. The molecule has 0 bridgehead atoms. The lowest BCUT2D eigenvalue weighted by atomic mass is 9.86. The number of aliphatic carboxylic acids is 1. The molecule has 1 aromatic heterocycles. The molecule has 1 unspecified atom stereocenters. The molecule has 1 N–H and O–H groups in total. The van der Waals surface area contributed by atoms with E-state index in [0.717, 1.165) is 16.6 Å². The summed E-state index contributed by atoms with van der Waals surface area (Å²) < 4.78 is 12.7. The predicted octanol–water partition coefficient (Wildman–Crippen LogP) is 3.90. The lowest BCUT2D eigenvalue weighted by molar-refractivity contribution is -0.142. The summed E-state index contributed by atoms with van der Waals surface area (Å²) in [5, 5.41) is 10.9. The molecule has 142 valence electrons. The van der Waals surface area contributed by atoms with E-state index in [1.165, 1.54) is 0 Å². The van der Waals surface area contributed by atoms with Gasteiger partial charge in [0.2, 0.25) is 6.79 Å². The number of ether oxygens (including phenoxy) is 2. The van der Waals surface area contributed by atoms with Gasteiger partial charge in [0.15, 0.2) is 11.5 Å². The smallest absolute Gasteiger partial charge is 0.306 e. The van der Waals surface area contributed by atoms with Crippen molar-refractivity contribution in [3.63, 3.8) is 0 Å². The van der Waals surface area contributed by atoms with E-state index in [4.69, 9.17) is 21.1 Å². The number of benzene rings is 2. The standard InChI is InChI=1S/C21H16ClNO5/c22-13-4-1-11(2-5-13)20(24)23-16-6-3-12(21(25)26)7-14(16)15-8-18-19(9-17(15)23)28-10-27-18/h1-2,4-5,8-9,12H,3,6-7,10H2,(H,25,26). The highest BCUT2D eigenvalue weighted by Gasteiger charge is 2.32. The summed E-state index contributed by atoms with van der Waals surface area (Å²) in [5.41, 5.74) is 2.98. The Bertz CT molecular complexity index is 1130. The normalized spacial score (nSPS) is 17.5. The molecule has 0 amide bonds. The van der Waals surface area contributed by atoms with E-state index in [9.17, 15) is 14.7 Å².